The van der Waals surface area contributed by atoms with Crippen LogP contribution in [0.4, 0.5) is 13.2 Å². The lowest BCUT2D eigenvalue weighted by Crippen LogP contribution is -2.32. The molecule has 1 heterocycles. The van der Waals surface area contributed by atoms with Crippen molar-refractivity contribution in [1.82, 2.24) is 14.8 Å². The number of methoxy groups -OCH3 is 1. The van der Waals surface area contributed by atoms with Crippen LogP contribution in [0.1, 0.15) is 58.9 Å². The topological polar surface area (TPSA) is 45.7 Å². The van der Waals surface area contributed by atoms with Crippen molar-refractivity contribution in [2.45, 2.75) is 52.5 Å². The van der Waals surface area contributed by atoms with Gasteiger partial charge in [0.15, 0.2) is 0 Å². The minimum atomic E-state index is -4.40. The van der Waals surface area contributed by atoms with E-state index in [0.29, 0.717) is 44.0 Å². The summed E-state index contributed by atoms with van der Waals surface area (Å²) >= 11 is 1.39. The largest absolute Gasteiger partial charge is 0.497 e. The number of benzene rings is 2. The van der Waals surface area contributed by atoms with Crippen molar-refractivity contribution >= 4 is 17.2 Å². The van der Waals surface area contributed by atoms with Gasteiger partial charge in [-0.05, 0) is 42.2 Å². The summed E-state index contributed by atoms with van der Waals surface area (Å²) in [6.45, 7) is 6.64. The molecule has 2 aromatic carbocycles. The van der Waals surface area contributed by atoms with Gasteiger partial charge in [0.25, 0.3) is 5.91 Å². The van der Waals surface area contributed by atoms with E-state index in [9.17, 15) is 18.0 Å². The van der Waals surface area contributed by atoms with Gasteiger partial charge in [-0.15, -0.1) is 11.3 Å². The summed E-state index contributed by atoms with van der Waals surface area (Å²) < 4.78 is 45.0. The number of amides is 1. The zero-order valence-electron chi connectivity index (χ0n) is 20.8. The van der Waals surface area contributed by atoms with Crippen molar-refractivity contribution < 1.29 is 22.7 Å². The lowest BCUT2D eigenvalue weighted by Gasteiger charge is -2.22. The van der Waals surface area contributed by atoms with E-state index in [2.05, 4.69) is 4.98 Å². The van der Waals surface area contributed by atoms with Gasteiger partial charge in [0, 0.05) is 31.6 Å². The number of alkyl halides is 3. The van der Waals surface area contributed by atoms with Gasteiger partial charge < -0.3 is 9.64 Å². The quantitative estimate of drug-likeness (QED) is 0.269. The molecule has 0 radical (unpaired) electrons. The Hall–Kier alpha value is -2.91. The molecule has 0 N–H and O–H groups in total. The van der Waals surface area contributed by atoms with E-state index in [4.69, 9.17) is 4.74 Å². The minimum Gasteiger partial charge on any atom is -0.497 e. The number of hydrogen-bond donors (Lipinski definition) is 0. The van der Waals surface area contributed by atoms with Gasteiger partial charge in [-0.2, -0.15) is 13.2 Å². The van der Waals surface area contributed by atoms with Gasteiger partial charge in [-0.25, -0.2) is 4.98 Å². The third-order valence-corrected chi connectivity index (χ3v) is 6.46. The molecule has 0 unspecified atom stereocenters. The van der Waals surface area contributed by atoms with Crippen LogP contribution in [0.25, 0.3) is 0 Å². The molecule has 0 aliphatic heterocycles. The zero-order valence-corrected chi connectivity index (χ0v) is 21.7. The van der Waals surface area contributed by atoms with Crippen LogP contribution in [0.15, 0.2) is 53.9 Å². The number of halogens is 3. The first-order valence-corrected chi connectivity index (χ1v) is 12.9. The van der Waals surface area contributed by atoms with Crippen LogP contribution >= 0.6 is 11.3 Å². The highest BCUT2D eigenvalue weighted by molar-refractivity contribution is 7.09. The van der Waals surface area contributed by atoms with E-state index in [1.807, 2.05) is 47.9 Å². The smallest absolute Gasteiger partial charge is 0.416 e. The summed E-state index contributed by atoms with van der Waals surface area (Å²) in [4.78, 5) is 21.4. The van der Waals surface area contributed by atoms with Crippen LogP contribution in [0.5, 0.6) is 5.75 Å². The third-order valence-electron chi connectivity index (χ3n) is 5.63. The molecule has 0 saturated carbocycles. The lowest BCUT2D eigenvalue weighted by molar-refractivity contribution is -0.137. The van der Waals surface area contributed by atoms with E-state index < -0.39 is 11.7 Å². The second kappa shape index (κ2) is 12.9. The van der Waals surface area contributed by atoms with E-state index in [0.717, 1.165) is 35.2 Å². The molecule has 0 bridgehead atoms. The Balaban J connectivity index is 1.81. The summed E-state index contributed by atoms with van der Waals surface area (Å²) in [6, 6.07) is 13.0. The molecule has 0 atom stereocenters. The number of rotatable bonds is 12. The summed E-state index contributed by atoms with van der Waals surface area (Å²) in [5.41, 5.74) is 1.30. The van der Waals surface area contributed by atoms with Crippen molar-refractivity contribution in [3.05, 3.63) is 81.3 Å². The number of carbonyl (C=O) groups is 1. The Morgan fingerprint density at radius 2 is 1.64 bits per heavy atom. The Labute approximate surface area is 214 Å². The number of ether oxygens (including phenoxy) is 1. The molecule has 36 heavy (non-hydrogen) atoms. The molecule has 0 spiro atoms. The first-order chi connectivity index (χ1) is 17.2. The van der Waals surface area contributed by atoms with Gasteiger partial charge in [-0.3, -0.25) is 9.69 Å². The van der Waals surface area contributed by atoms with E-state index in [-0.39, 0.29) is 5.91 Å². The molecule has 9 heteroatoms. The molecule has 3 rings (SSSR count). The minimum absolute atomic E-state index is 0.0826. The summed E-state index contributed by atoms with van der Waals surface area (Å²) in [5.74, 6) is 0.649. The Morgan fingerprint density at radius 1 is 0.972 bits per heavy atom. The van der Waals surface area contributed by atoms with E-state index in [1.165, 1.54) is 23.5 Å². The fraction of sp³-hybridized carbons (Fsp3) is 0.407. The maximum atomic E-state index is 13.3. The molecule has 1 amide bonds. The highest BCUT2D eigenvalue weighted by atomic mass is 32.1. The maximum absolute atomic E-state index is 13.3. The van der Waals surface area contributed by atoms with Crippen LogP contribution in [-0.4, -0.2) is 40.9 Å². The zero-order chi connectivity index (χ0) is 26.1. The Kier molecular flexibility index (Phi) is 9.89. The summed E-state index contributed by atoms with van der Waals surface area (Å²) in [5, 5.41) is 2.51. The average Bonchev–Trinajstić information content (AvgIpc) is 3.32. The molecule has 1 aromatic heterocycles. The standard InChI is InChI=1S/C27H32F3N3O2S/c1-4-13-33(14-5-2)26(34)24-19-36-25(31-24)18-32(16-20-9-11-23(35-3)12-10-20)17-21-7-6-8-22(15-21)27(28,29)30/h6-12,15,19H,4-5,13-14,16-18H2,1-3H3. The second-order valence-electron chi connectivity index (χ2n) is 8.61. The van der Waals surface area contributed by atoms with Gasteiger partial charge >= 0.3 is 6.18 Å². The van der Waals surface area contributed by atoms with Crippen molar-refractivity contribution in [3.8, 4) is 5.75 Å². The lowest BCUT2D eigenvalue weighted by atomic mass is 10.1. The fourth-order valence-corrected chi connectivity index (χ4v) is 4.76. The molecule has 0 fully saturated rings. The monoisotopic (exact) mass is 519 g/mol. The Bertz CT molecular complexity index is 1110. The maximum Gasteiger partial charge on any atom is 0.416 e. The average molecular weight is 520 g/mol. The molecular formula is C27H32F3N3O2S. The molecule has 0 aliphatic carbocycles. The molecular weight excluding hydrogens is 487 g/mol. The third kappa shape index (κ3) is 7.80. The van der Waals surface area contributed by atoms with Gasteiger partial charge in [0.2, 0.25) is 0 Å². The fourth-order valence-electron chi connectivity index (χ4n) is 3.95. The first kappa shape index (κ1) is 27.7. The van der Waals surface area contributed by atoms with Crippen molar-refractivity contribution in [2.24, 2.45) is 0 Å². The normalized spacial score (nSPS) is 11.6. The van der Waals surface area contributed by atoms with Gasteiger partial charge in [0.1, 0.15) is 16.5 Å². The SMILES string of the molecule is CCCN(CCC)C(=O)c1csc(CN(Cc2ccc(OC)cc2)Cc2cccc(C(F)(F)F)c2)n1. The van der Waals surface area contributed by atoms with Crippen LogP contribution in [0.3, 0.4) is 0 Å². The Morgan fingerprint density at radius 3 is 2.25 bits per heavy atom. The summed E-state index contributed by atoms with van der Waals surface area (Å²) in [6.07, 6.45) is -2.66. The van der Waals surface area contributed by atoms with Crippen molar-refractivity contribution in [1.29, 1.82) is 0 Å². The number of hydrogen-bond acceptors (Lipinski definition) is 5. The van der Waals surface area contributed by atoms with Crippen molar-refractivity contribution in [3.63, 3.8) is 0 Å². The molecule has 0 aliphatic rings. The molecule has 194 valence electrons. The van der Waals surface area contributed by atoms with Crippen LogP contribution in [0, 0.1) is 0 Å². The van der Waals surface area contributed by atoms with Crippen LogP contribution in [-0.2, 0) is 25.8 Å². The number of nitrogens with zero attached hydrogens (tertiary/aromatic N) is 3. The molecule has 5 nitrogen and oxygen atoms in total. The van der Waals surface area contributed by atoms with Gasteiger partial charge in [0.05, 0.1) is 19.2 Å². The van der Waals surface area contributed by atoms with E-state index >= 15 is 0 Å². The predicted molar refractivity (Wildman–Crippen MR) is 136 cm³/mol. The van der Waals surface area contributed by atoms with E-state index in [1.54, 1.807) is 18.6 Å². The number of carbonyl (C=O) groups excluding carboxylic acids is 1. The second-order valence-corrected chi connectivity index (χ2v) is 9.55. The molecule has 3 aromatic rings. The highest BCUT2D eigenvalue weighted by Crippen LogP contribution is 2.30. The van der Waals surface area contributed by atoms with Crippen molar-refractivity contribution in [2.75, 3.05) is 20.2 Å². The number of aromatic nitrogens is 1. The highest BCUT2D eigenvalue weighted by Gasteiger charge is 2.30. The molecule has 0 saturated heterocycles. The van der Waals surface area contributed by atoms with Crippen LogP contribution in [0.2, 0.25) is 0 Å². The van der Waals surface area contributed by atoms with Gasteiger partial charge in [-0.1, -0.05) is 44.2 Å². The van der Waals surface area contributed by atoms with Crippen LogP contribution < -0.4 is 4.74 Å². The first-order valence-electron chi connectivity index (χ1n) is 12.0. The predicted octanol–water partition coefficient (Wildman–Crippen LogP) is 6.64. The summed E-state index contributed by atoms with van der Waals surface area (Å²) in [7, 11) is 1.60. The number of thiazole rings is 1.